The third-order valence-electron chi connectivity index (χ3n) is 4.21. The van der Waals surface area contributed by atoms with E-state index in [1.54, 1.807) is 18.6 Å². The van der Waals surface area contributed by atoms with Crippen LogP contribution in [0.4, 0.5) is 11.5 Å². The maximum absolute atomic E-state index is 5.93. The van der Waals surface area contributed by atoms with Crippen LogP contribution in [-0.2, 0) is 12.8 Å². The zero-order valence-corrected chi connectivity index (χ0v) is 15.1. The Kier molecular flexibility index (Phi) is 4.92. The topological polar surface area (TPSA) is 63.8 Å². The van der Waals surface area contributed by atoms with Gasteiger partial charge >= 0.3 is 0 Å². The van der Waals surface area contributed by atoms with Crippen molar-refractivity contribution in [3.63, 3.8) is 0 Å². The SMILES string of the molecule is Cc1ccnc(Nc2cccc(-c3cnc(CCc4ccccn4)o3)c2)c1. The molecule has 0 amide bonds. The van der Waals surface area contributed by atoms with Crippen LogP contribution in [0.1, 0.15) is 17.1 Å². The van der Waals surface area contributed by atoms with Crippen molar-refractivity contribution >= 4 is 11.5 Å². The molecular weight excluding hydrogens is 336 g/mol. The number of oxazole rings is 1. The Balaban J connectivity index is 1.46. The lowest BCUT2D eigenvalue weighted by Gasteiger charge is -2.07. The number of hydrogen-bond acceptors (Lipinski definition) is 5. The van der Waals surface area contributed by atoms with Gasteiger partial charge in [0.05, 0.1) is 6.20 Å². The molecule has 4 rings (SSSR count). The molecule has 0 fully saturated rings. The fraction of sp³-hybridized carbons (Fsp3) is 0.136. The van der Waals surface area contributed by atoms with E-state index in [2.05, 4.69) is 20.3 Å². The minimum Gasteiger partial charge on any atom is -0.441 e. The summed E-state index contributed by atoms with van der Waals surface area (Å²) in [5.41, 5.74) is 4.13. The van der Waals surface area contributed by atoms with Gasteiger partial charge in [-0.05, 0) is 55.3 Å². The van der Waals surface area contributed by atoms with Crippen molar-refractivity contribution in [1.29, 1.82) is 0 Å². The maximum Gasteiger partial charge on any atom is 0.195 e. The predicted octanol–water partition coefficient (Wildman–Crippen LogP) is 4.97. The zero-order chi connectivity index (χ0) is 18.5. The summed E-state index contributed by atoms with van der Waals surface area (Å²) in [6, 6.07) is 17.9. The second-order valence-electron chi connectivity index (χ2n) is 6.36. The summed E-state index contributed by atoms with van der Waals surface area (Å²) in [6.07, 6.45) is 6.91. The monoisotopic (exact) mass is 356 g/mol. The number of hydrogen-bond donors (Lipinski definition) is 1. The smallest absolute Gasteiger partial charge is 0.195 e. The molecule has 1 aromatic carbocycles. The van der Waals surface area contributed by atoms with Crippen molar-refractivity contribution in [1.82, 2.24) is 15.0 Å². The van der Waals surface area contributed by atoms with Gasteiger partial charge in [-0.15, -0.1) is 0 Å². The molecule has 5 heteroatoms. The van der Waals surface area contributed by atoms with E-state index in [9.17, 15) is 0 Å². The fourth-order valence-electron chi connectivity index (χ4n) is 2.84. The number of nitrogens with zero attached hydrogens (tertiary/aromatic N) is 3. The molecule has 0 aliphatic heterocycles. The van der Waals surface area contributed by atoms with Gasteiger partial charge in [0, 0.05) is 35.8 Å². The molecule has 0 saturated carbocycles. The predicted molar refractivity (Wildman–Crippen MR) is 106 cm³/mol. The largest absolute Gasteiger partial charge is 0.441 e. The first-order valence-corrected chi connectivity index (χ1v) is 8.91. The van der Waals surface area contributed by atoms with Crippen molar-refractivity contribution in [2.24, 2.45) is 0 Å². The molecule has 5 nitrogen and oxygen atoms in total. The molecule has 0 aliphatic carbocycles. The molecule has 3 aromatic heterocycles. The van der Waals surface area contributed by atoms with Gasteiger partial charge in [-0.1, -0.05) is 18.2 Å². The molecule has 0 bridgehead atoms. The van der Waals surface area contributed by atoms with Gasteiger partial charge in [-0.3, -0.25) is 4.98 Å². The molecular formula is C22H20N4O. The van der Waals surface area contributed by atoms with Crippen molar-refractivity contribution in [3.8, 4) is 11.3 Å². The highest BCUT2D eigenvalue weighted by Gasteiger charge is 2.08. The van der Waals surface area contributed by atoms with Gasteiger partial charge in [-0.25, -0.2) is 9.97 Å². The van der Waals surface area contributed by atoms with Crippen molar-refractivity contribution in [2.45, 2.75) is 19.8 Å². The van der Waals surface area contributed by atoms with Gasteiger partial charge in [-0.2, -0.15) is 0 Å². The molecule has 0 spiro atoms. The lowest BCUT2D eigenvalue weighted by atomic mass is 10.1. The average Bonchev–Trinajstić information content (AvgIpc) is 3.17. The second-order valence-corrected chi connectivity index (χ2v) is 6.36. The Bertz CT molecular complexity index is 1030. The van der Waals surface area contributed by atoms with Crippen LogP contribution in [0, 0.1) is 6.92 Å². The number of anilines is 2. The summed E-state index contributed by atoms with van der Waals surface area (Å²) in [5, 5.41) is 3.33. The maximum atomic E-state index is 5.93. The highest BCUT2D eigenvalue weighted by molar-refractivity contribution is 5.66. The molecule has 134 valence electrons. The molecule has 1 N–H and O–H groups in total. The van der Waals surface area contributed by atoms with Crippen LogP contribution in [0.3, 0.4) is 0 Å². The first-order valence-electron chi connectivity index (χ1n) is 8.91. The summed E-state index contributed by atoms with van der Waals surface area (Å²) in [4.78, 5) is 13.1. The van der Waals surface area contributed by atoms with Gasteiger partial charge in [0.25, 0.3) is 0 Å². The fourth-order valence-corrected chi connectivity index (χ4v) is 2.84. The van der Waals surface area contributed by atoms with E-state index >= 15 is 0 Å². The summed E-state index contributed by atoms with van der Waals surface area (Å²) < 4.78 is 5.93. The summed E-state index contributed by atoms with van der Waals surface area (Å²) in [6.45, 7) is 2.05. The van der Waals surface area contributed by atoms with E-state index in [0.717, 1.165) is 52.8 Å². The van der Waals surface area contributed by atoms with Crippen LogP contribution in [0.5, 0.6) is 0 Å². The normalized spacial score (nSPS) is 10.7. The standard InChI is InChI=1S/C22H20N4O/c1-16-10-12-24-21(13-16)26-19-7-4-5-17(14-19)20-15-25-22(27-20)9-8-18-6-2-3-11-23-18/h2-7,10-15H,8-9H2,1H3,(H,24,26). The average molecular weight is 356 g/mol. The van der Waals surface area contributed by atoms with Crippen molar-refractivity contribution in [3.05, 3.63) is 90.3 Å². The van der Waals surface area contributed by atoms with Crippen LogP contribution in [0.15, 0.2) is 77.6 Å². The van der Waals surface area contributed by atoms with Crippen LogP contribution in [0.25, 0.3) is 11.3 Å². The Hall–Kier alpha value is -3.47. The molecule has 0 unspecified atom stereocenters. The van der Waals surface area contributed by atoms with Crippen molar-refractivity contribution in [2.75, 3.05) is 5.32 Å². The van der Waals surface area contributed by atoms with Crippen LogP contribution in [-0.4, -0.2) is 15.0 Å². The number of aromatic nitrogens is 3. The van der Waals surface area contributed by atoms with Gasteiger partial charge in [0.2, 0.25) is 0 Å². The number of pyridine rings is 2. The van der Waals surface area contributed by atoms with Gasteiger partial charge in [0.1, 0.15) is 5.82 Å². The minimum absolute atomic E-state index is 0.717. The molecule has 0 radical (unpaired) electrons. The van der Waals surface area contributed by atoms with Crippen LogP contribution >= 0.6 is 0 Å². The summed E-state index contributed by atoms with van der Waals surface area (Å²) in [5.74, 6) is 2.29. The van der Waals surface area contributed by atoms with E-state index in [4.69, 9.17) is 4.42 Å². The summed E-state index contributed by atoms with van der Waals surface area (Å²) in [7, 11) is 0. The van der Waals surface area contributed by atoms with Gasteiger partial charge in [0.15, 0.2) is 11.7 Å². The Morgan fingerprint density at radius 1 is 0.889 bits per heavy atom. The number of rotatable bonds is 6. The highest BCUT2D eigenvalue weighted by atomic mass is 16.4. The molecule has 4 aromatic rings. The van der Waals surface area contributed by atoms with Gasteiger partial charge < -0.3 is 9.73 Å². The first-order chi connectivity index (χ1) is 13.3. The second kappa shape index (κ2) is 7.83. The zero-order valence-electron chi connectivity index (χ0n) is 15.1. The lowest BCUT2D eigenvalue weighted by Crippen LogP contribution is -1.94. The molecule has 0 atom stereocenters. The Morgan fingerprint density at radius 2 is 1.85 bits per heavy atom. The third-order valence-corrected chi connectivity index (χ3v) is 4.21. The molecule has 3 heterocycles. The minimum atomic E-state index is 0.717. The van der Waals surface area contributed by atoms with Crippen molar-refractivity contribution < 1.29 is 4.42 Å². The summed E-state index contributed by atoms with van der Waals surface area (Å²) >= 11 is 0. The van der Waals surface area contributed by atoms with E-state index in [1.165, 1.54) is 0 Å². The highest BCUT2D eigenvalue weighted by Crippen LogP contribution is 2.25. The van der Waals surface area contributed by atoms with E-state index < -0.39 is 0 Å². The van der Waals surface area contributed by atoms with E-state index in [-0.39, 0.29) is 0 Å². The van der Waals surface area contributed by atoms with E-state index in [0.29, 0.717) is 0 Å². The lowest BCUT2D eigenvalue weighted by molar-refractivity contribution is 0.504. The molecule has 0 saturated heterocycles. The van der Waals surface area contributed by atoms with Crippen LogP contribution < -0.4 is 5.32 Å². The number of aryl methyl sites for hydroxylation is 3. The first kappa shape index (κ1) is 17.0. The molecule has 0 aliphatic rings. The Labute approximate surface area is 158 Å². The number of benzene rings is 1. The van der Waals surface area contributed by atoms with Crippen LogP contribution in [0.2, 0.25) is 0 Å². The molecule has 27 heavy (non-hydrogen) atoms. The third kappa shape index (κ3) is 4.39. The number of nitrogens with one attached hydrogen (secondary N) is 1. The van der Waals surface area contributed by atoms with E-state index in [1.807, 2.05) is 61.5 Å². The quantitative estimate of drug-likeness (QED) is 0.528. The Morgan fingerprint density at radius 3 is 2.70 bits per heavy atom.